The summed E-state index contributed by atoms with van der Waals surface area (Å²) in [6.45, 7) is 2.69. The van der Waals surface area contributed by atoms with Crippen molar-refractivity contribution in [2.24, 2.45) is 5.92 Å². The van der Waals surface area contributed by atoms with Crippen LogP contribution in [0.15, 0.2) is 11.2 Å². The van der Waals surface area contributed by atoms with E-state index in [0.29, 0.717) is 12.1 Å². The summed E-state index contributed by atoms with van der Waals surface area (Å²) in [5, 5.41) is 9.60. The summed E-state index contributed by atoms with van der Waals surface area (Å²) in [7, 11) is -1.72. The fourth-order valence-corrected chi connectivity index (χ4v) is 4.54. The molecule has 120 valence electrons. The molecule has 21 heavy (non-hydrogen) atoms. The first-order valence-electron chi connectivity index (χ1n) is 7.76. The molecule has 1 heterocycles. The molecule has 1 aromatic rings. The lowest BCUT2D eigenvalue weighted by molar-refractivity contribution is 0.297. The van der Waals surface area contributed by atoms with E-state index in [-0.39, 0.29) is 11.1 Å². The highest BCUT2D eigenvalue weighted by molar-refractivity contribution is 7.89. The maximum absolute atomic E-state index is 12.5. The zero-order valence-electron chi connectivity index (χ0n) is 12.9. The lowest BCUT2D eigenvalue weighted by Crippen LogP contribution is -2.38. The lowest BCUT2D eigenvalue weighted by Gasteiger charge is -2.28. The molecule has 1 fully saturated rings. The van der Waals surface area contributed by atoms with Crippen molar-refractivity contribution in [1.29, 1.82) is 0 Å². The second kappa shape index (κ2) is 7.38. The van der Waals surface area contributed by atoms with Crippen LogP contribution in [0.4, 0.5) is 0 Å². The maximum Gasteiger partial charge on any atom is 0.258 e. The molecule has 0 saturated heterocycles. The molecule has 0 unspecified atom stereocenters. The van der Waals surface area contributed by atoms with Gasteiger partial charge in [-0.1, -0.05) is 19.8 Å². The Morgan fingerprint density at radius 2 is 2.05 bits per heavy atom. The third-order valence-electron chi connectivity index (χ3n) is 4.18. The minimum absolute atomic E-state index is 0.0499. The first kappa shape index (κ1) is 16.5. The van der Waals surface area contributed by atoms with Crippen molar-refractivity contribution in [1.82, 2.24) is 20.2 Å². The molecule has 0 aromatic carbocycles. The molecule has 0 atom stereocenters. The Labute approximate surface area is 127 Å². The molecule has 0 spiro atoms. The van der Waals surface area contributed by atoms with E-state index in [0.717, 1.165) is 31.6 Å². The molecule has 3 N–H and O–H groups in total. The van der Waals surface area contributed by atoms with Gasteiger partial charge < -0.3 is 5.32 Å². The van der Waals surface area contributed by atoms with Gasteiger partial charge >= 0.3 is 0 Å². The number of sulfonamides is 1. The Bertz CT molecular complexity index is 533. The van der Waals surface area contributed by atoms with Gasteiger partial charge in [0.1, 0.15) is 0 Å². The highest BCUT2D eigenvalue weighted by atomic mass is 32.2. The average molecular weight is 314 g/mol. The van der Waals surface area contributed by atoms with Gasteiger partial charge in [0.05, 0.1) is 6.20 Å². The van der Waals surface area contributed by atoms with Crippen LogP contribution < -0.4 is 10.0 Å². The van der Waals surface area contributed by atoms with Crippen molar-refractivity contribution in [3.05, 3.63) is 11.8 Å². The molecule has 0 radical (unpaired) electrons. The number of H-pyrrole nitrogens is 1. The fraction of sp³-hybridized carbons (Fsp3) is 0.786. The summed E-state index contributed by atoms with van der Waals surface area (Å²) in [4.78, 5) is 0. The van der Waals surface area contributed by atoms with Crippen molar-refractivity contribution in [3.63, 3.8) is 0 Å². The van der Waals surface area contributed by atoms with Crippen LogP contribution in [0.25, 0.3) is 0 Å². The first-order chi connectivity index (χ1) is 10.1. The SMILES string of the molecule is CCCC1CCC(NS(=O)(=O)c2[nH]ncc2CNC)CC1. The molecule has 0 aliphatic heterocycles. The molecule has 1 saturated carbocycles. The lowest BCUT2D eigenvalue weighted by atomic mass is 9.84. The van der Waals surface area contributed by atoms with Crippen LogP contribution in [-0.4, -0.2) is 31.7 Å². The molecule has 2 rings (SSSR count). The number of hydrogen-bond donors (Lipinski definition) is 3. The van der Waals surface area contributed by atoms with Crippen LogP contribution in [0, 0.1) is 5.92 Å². The number of rotatable bonds is 7. The minimum atomic E-state index is -3.51. The predicted molar refractivity (Wildman–Crippen MR) is 82.3 cm³/mol. The number of aromatic nitrogens is 2. The quantitative estimate of drug-likeness (QED) is 0.716. The highest BCUT2D eigenvalue weighted by Gasteiger charge is 2.27. The van der Waals surface area contributed by atoms with E-state index in [1.807, 2.05) is 0 Å². The van der Waals surface area contributed by atoms with Crippen LogP contribution >= 0.6 is 0 Å². The van der Waals surface area contributed by atoms with Gasteiger partial charge in [-0.3, -0.25) is 5.10 Å². The standard InChI is InChI=1S/C14H26N4O2S/c1-3-4-11-5-7-13(8-6-11)18-21(19,20)14-12(9-15-2)10-16-17-14/h10-11,13,15,18H,3-9H2,1-2H3,(H,16,17). The Balaban J connectivity index is 1.97. The van der Waals surface area contributed by atoms with Crippen LogP contribution in [-0.2, 0) is 16.6 Å². The van der Waals surface area contributed by atoms with Gasteiger partial charge in [0.15, 0.2) is 5.03 Å². The van der Waals surface area contributed by atoms with Gasteiger partial charge in [-0.2, -0.15) is 5.10 Å². The summed E-state index contributed by atoms with van der Waals surface area (Å²) in [5.41, 5.74) is 0.671. The average Bonchev–Trinajstić information content (AvgIpc) is 2.91. The highest BCUT2D eigenvalue weighted by Crippen LogP contribution is 2.28. The normalized spacial score (nSPS) is 23.3. The Hall–Kier alpha value is -0.920. The third-order valence-corrected chi connectivity index (χ3v) is 5.71. The number of nitrogens with zero attached hydrogens (tertiary/aromatic N) is 1. The maximum atomic E-state index is 12.5. The number of hydrogen-bond acceptors (Lipinski definition) is 4. The number of nitrogens with one attached hydrogen (secondary N) is 3. The monoisotopic (exact) mass is 314 g/mol. The van der Waals surface area contributed by atoms with Crippen LogP contribution in [0.2, 0.25) is 0 Å². The summed E-state index contributed by atoms with van der Waals surface area (Å²) in [5.74, 6) is 0.766. The molecule has 6 nitrogen and oxygen atoms in total. The third kappa shape index (κ3) is 4.28. The molecular weight excluding hydrogens is 288 g/mol. The van der Waals surface area contributed by atoms with E-state index in [1.54, 1.807) is 13.2 Å². The van der Waals surface area contributed by atoms with Crippen LogP contribution in [0.3, 0.4) is 0 Å². The molecule has 0 amide bonds. The zero-order chi connectivity index (χ0) is 15.3. The molecule has 7 heteroatoms. The van der Waals surface area contributed by atoms with Gasteiger partial charge in [0.25, 0.3) is 10.0 Å². The molecule has 0 bridgehead atoms. The van der Waals surface area contributed by atoms with E-state index < -0.39 is 10.0 Å². The fourth-order valence-electron chi connectivity index (χ4n) is 3.10. The van der Waals surface area contributed by atoms with Gasteiger partial charge in [-0.15, -0.1) is 0 Å². The molecular formula is C14H26N4O2S. The van der Waals surface area contributed by atoms with Gasteiger partial charge in [0, 0.05) is 18.2 Å². The van der Waals surface area contributed by atoms with Crippen LogP contribution in [0.1, 0.15) is 51.0 Å². The van der Waals surface area contributed by atoms with E-state index in [1.165, 1.54) is 12.8 Å². The van der Waals surface area contributed by atoms with Gasteiger partial charge in [-0.05, 0) is 38.6 Å². The van der Waals surface area contributed by atoms with Gasteiger partial charge in [0.2, 0.25) is 0 Å². The molecule has 1 aliphatic rings. The number of aromatic amines is 1. The van der Waals surface area contributed by atoms with E-state index in [4.69, 9.17) is 0 Å². The van der Waals surface area contributed by atoms with Crippen molar-refractivity contribution in [2.75, 3.05) is 7.05 Å². The smallest absolute Gasteiger partial charge is 0.258 e. The Morgan fingerprint density at radius 1 is 1.33 bits per heavy atom. The molecule has 1 aliphatic carbocycles. The largest absolute Gasteiger partial charge is 0.316 e. The second-order valence-corrected chi connectivity index (χ2v) is 7.53. The summed E-state index contributed by atoms with van der Waals surface area (Å²) >= 11 is 0. The van der Waals surface area contributed by atoms with Crippen molar-refractivity contribution in [3.8, 4) is 0 Å². The topological polar surface area (TPSA) is 86.9 Å². The predicted octanol–water partition coefficient (Wildman–Crippen LogP) is 1.77. The molecule has 1 aromatic heterocycles. The van der Waals surface area contributed by atoms with Crippen molar-refractivity contribution >= 4 is 10.0 Å². The van der Waals surface area contributed by atoms with Crippen LogP contribution in [0.5, 0.6) is 0 Å². The van der Waals surface area contributed by atoms with Crippen molar-refractivity contribution < 1.29 is 8.42 Å². The Kier molecular flexibility index (Phi) is 5.78. The Morgan fingerprint density at radius 3 is 2.67 bits per heavy atom. The van der Waals surface area contributed by atoms with E-state index >= 15 is 0 Å². The zero-order valence-corrected chi connectivity index (χ0v) is 13.7. The van der Waals surface area contributed by atoms with E-state index in [2.05, 4.69) is 27.2 Å². The summed E-state index contributed by atoms with van der Waals surface area (Å²) in [6, 6.07) is 0.0499. The first-order valence-corrected chi connectivity index (χ1v) is 9.24. The van der Waals surface area contributed by atoms with E-state index in [9.17, 15) is 8.42 Å². The van der Waals surface area contributed by atoms with Gasteiger partial charge in [-0.25, -0.2) is 13.1 Å². The minimum Gasteiger partial charge on any atom is -0.316 e. The summed E-state index contributed by atoms with van der Waals surface area (Å²) in [6.07, 6.45) is 8.12. The second-order valence-electron chi connectivity index (χ2n) is 5.88. The summed E-state index contributed by atoms with van der Waals surface area (Å²) < 4.78 is 27.7. The van der Waals surface area contributed by atoms with Crippen molar-refractivity contribution in [2.45, 2.75) is 63.1 Å².